The molecule has 3 rings (SSSR count). The molecule has 0 aliphatic heterocycles. The van der Waals surface area contributed by atoms with E-state index in [2.05, 4.69) is 34.3 Å². The Kier molecular flexibility index (Phi) is 4.19. The summed E-state index contributed by atoms with van der Waals surface area (Å²) in [6.07, 6.45) is 8.03. The first-order valence-electron chi connectivity index (χ1n) is 7.42. The van der Waals surface area contributed by atoms with Gasteiger partial charge in [0.1, 0.15) is 0 Å². The second-order valence-corrected chi connectivity index (χ2v) is 6.55. The number of aryl methyl sites for hydroxylation is 3. The zero-order chi connectivity index (χ0) is 13.9. The van der Waals surface area contributed by atoms with E-state index in [0.29, 0.717) is 0 Å². The van der Waals surface area contributed by atoms with Crippen LogP contribution in [0.4, 0.5) is 0 Å². The lowest BCUT2D eigenvalue weighted by molar-refractivity contribution is 0.524. The summed E-state index contributed by atoms with van der Waals surface area (Å²) < 4.78 is 2.06. The van der Waals surface area contributed by atoms with Crippen molar-refractivity contribution in [2.45, 2.75) is 51.6 Å². The fourth-order valence-corrected chi connectivity index (χ4v) is 4.29. The molecule has 0 saturated heterocycles. The van der Waals surface area contributed by atoms with E-state index in [9.17, 15) is 0 Å². The molecule has 108 valence electrons. The molecule has 0 spiro atoms. The third-order valence-corrected chi connectivity index (χ3v) is 5.25. The Labute approximate surface area is 124 Å². The molecule has 4 nitrogen and oxygen atoms in total. The van der Waals surface area contributed by atoms with Gasteiger partial charge in [-0.3, -0.25) is 10.5 Å². The van der Waals surface area contributed by atoms with Crippen LogP contribution in [0.1, 0.15) is 53.2 Å². The van der Waals surface area contributed by atoms with Crippen LogP contribution in [0.2, 0.25) is 0 Å². The van der Waals surface area contributed by atoms with Crippen LogP contribution in [0.15, 0.2) is 18.3 Å². The Balaban J connectivity index is 1.92. The average molecular weight is 290 g/mol. The van der Waals surface area contributed by atoms with E-state index in [0.717, 1.165) is 18.7 Å². The van der Waals surface area contributed by atoms with E-state index in [4.69, 9.17) is 5.84 Å². The van der Waals surface area contributed by atoms with E-state index in [1.807, 2.05) is 17.5 Å². The lowest BCUT2D eigenvalue weighted by Crippen LogP contribution is -2.30. The van der Waals surface area contributed by atoms with Gasteiger partial charge in [0.15, 0.2) is 0 Å². The second-order valence-electron chi connectivity index (χ2n) is 5.38. The van der Waals surface area contributed by atoms with Gasteiger partial charge in [0.05, 0.1) is 11.7 Å². The molecular weight excluding hydrogens is 268 g/mol. The third kappa shape index (κ3) is 2.53. The van der Waals surface area contributed by atoms with E-state index < -0.39 is 0 Å². The third-order valence-electron chi connectivity index (χ3n) is 3.95. The SMILES string of the molecule is CCCn1nccc1C(NN)c1cc2c(s1)CCCC2. The maximum absolute atomic E-state index is 5.83. The molecule has 0 amide bonds. The number of hydrogen-bond acceptors (Lipinski definition) is 4. The maximum atomic E-state index is 5.83. The molecule has 0 fully saturated rings. The van der Waals surface area contributed by atoms with E-state index in [-0.39, 0.29) is 6.04 Å². The van der Waals surface area contributed by atoms with Crippen molar-refractivity contribution in [3.05, 3.63) is 39.3 Å². The minimum atomic E-state index is 0.0552. The summed E-state index contributed by atoms with van der Waals surface area (Å²) in [7, 11) is 0. The zero-order valence-corrected chi connectivity index (χ0v) is 12.7. The molecule has 0 aromatic carbocycles. The number of nitrogens with zero attached hydrogens (tertiary/aromatic N) is 2. The normalized spacial score (nSPS) is 16.1. The van der Waals surface area contributed by atoms with E-state index in [1.165, 1.54) is 36.1 Å². The van der Waals surface area contributed by atoms with Crippen LogP contribution in [0.5, 0.6) is 0 Å². The number of aromatic nitrogens is 2. The van der Waals surface area contributed by atoms with Crippen LogP contribution in [0.3, 0.4) is 0 Å². The van der Waals surface area contributed by atoms with Gasteiger partial charge >= 0.3 is 0 Å². The molecule has 2 aromatic heterocycles. The number of hydrogen-bond donors (Lipinski definition) is 2. The largest absolute Gasteiger partial charge is 0.270 e. The van der Waals surface area contributed by atoms with Crippen LogP contribution in [-0.2, 0) is 19.4 Å². The van der Waals surface area contributed by atoms with Crippen molar-refractivity contribution in [1.82, 2.24) is 15.2 Å². The first kappa shape index (κ1) is 13.8. The predicted octanol–water partition coefficient (Wildman–Crippen LogP) is 2.79. The number of hydrazine groups is 1. The van der Waals surface area contributed by atoms with Crippen molar-refractivity contribution in [3.63, 3.8) is 0 Å². The van der Waals surface area contributed by atoms with Gasteiger partial charge in [-0.05, 0) is 49.8 Å². The van der Waals surface area contributed by atoms with Crippen LogP contribution in [-0.4, -0.2) is 9.78 Å². The van der Waals surface area contributed by atoms with Crippen molar-refractivity contribution >= 4 is 11.3 Å². The Bertz CT molecular complexity index is 549. The molecule has 2 heterocycles. The summed E-state index contributed by atoms with van der Waals surface area (Å²) in [5.41, 5.74) is 5.66. The molecule has 2 aromatic rings. The number of nitrogens with two attached hydrogens (primary N) is 1. The lowest BCUT2D eigenvalue weighted by atomic mass is 9.98. The first-order valence-corrected chi connectivity index (χ1v) is 8.24. The monoisotopic (exact) mass is 290 g/mol. The quantitative estimate of drug-likeness (QED) is 0.657. The lowest BCUT2D eigenvalue weighted by Gasteiger charge is -2.16. The molecule has 0 radical (unpaired) electrons. The van der Waals surface area contributed by atoms with E-state index in [1.54, 1.807) is 4.88 Å². The summed E-state index contributed by atoms with van der Waals surface area (Å²) in [4.78, 5) is 2.87. The smallest absolute Gasteiger partial charge is 0.0970 e. The highest BCUT2D eigenvalue weighted by molar-refractivity contribution is 7.12. The molecule has 1 aliphatic carbocycles. The predicted molar refractivity (Wildman–Crippen MR) is 82.6 cm³/mol. The van der Waals surface area contributed by atoms with Gasteiger partial charge in [0.25, 0.3) is 0 Å². The van der Waals surface area contributed by atoms with E-state index >= 15 is 0 Å². The Morgan fingerprint density at radius 2 is 2.30 bits per heavy atom. The first-order chi connectivity index (χ1) is 9.83. The summed E-state index contributed by atoms with van der Waals surface area (Å²) in [6, 6.07) is 4.46. The van der Waals surface area contributed by atoms with Gasteiger partial charge in [-0.2, -0.15) is 5.10 Å². The number of fused-ring (bicyclic) bond motifs is 1. The molecule has 20 heavy (non-hydrogen) atoms. The molecule has 1 aliphatic rings. The van der Waals surface area contributed by atoms with Crippen molar-refractivity contribution < 1.29 is 0 Å². The Morgan fingerprint density at radius 1 is 1.45 bits per heavy atom. The van der Waals surface area contributed by atoms with Crippen molar-refractivity contribution in [3.8, 4) is 0 Å². The summed E-state index contributed by atoms with van der Waals surface area (Å²) in [5.74, 6) is 5.83. The summed E-state index contributed by atoms with van der Waals surface area (Å²) in [5, 5.41) is 4.41. The summed E-state index contributed by atoms with van der Waals surface area (Å²) >= 11 is 1.91. The topological polar surface area (TPSA) is 55.9 Å². The summed E-state index contributed by atoms with van der Waals surface area (Å²) in [6.45, 7) is 3.10. The molecule has 3 N–H and O–H groups in total. The number of thiophene rings is 1. The fourth-order valence-electron chi connectivity index (χ4n) is 2.96. The van der Waals surface area contributed by atoms with Gasteiger partial charge in [0, 0.05) is 22.5 Å². The minimum absolute atomic E-state index is 0.0552. The molecular formula is C15H22N4S. The van der Waals surface area contributed by atoms with Gasteiger partial charge in [0.2, 0.25) is 0 Å². The number of rotatable bonds is 5. The van der Waals surface area contributed by atoms with Gasteiger partial charge in [-0.15, -0.1) is 11.3 Å². The van der Waals surface area contributed by atoms with Crippen LogP contribution in [0, 0.1) is 0 Å². The van der Waals surface area contributed by atoms with Gasteiger partial charge in [-0.25, -0.2) is 5.43 Å². The molecule has 5 heteroatoms. The standard InChI is InChI=1S/C15H22N4S/c1-2-9-19-12(7-8-17-19)15(18-16)14-10-11-5-3-4-6-13(11)20-14/h7-8,10,15,18H,2-6,9,16H2,1H3. The average Bonchev–Trinajstić information content (AvgIpc) is 3.07. The van der Waals surface area contributed by atoms with Crippen molar-refractivity contribution in [1.29, 1.82) is 0 Å². The number of nitrogens with one attached hydrogen (secondary N) is 1. The van der Waals surface area contributed by atoms with Crippen LogP contribution >= 0.6 is 11.3 Å². The van der Waals surface area contributed by atoms with Gasteiger partial charge in [-0.1, -0.05) is 6.92 Å². The Hall–Kier alpha value is -1.17. The molecule has 1 unspecified atom stereocenters. The highest BCUT2D eigenvalue weighted by atomic mass is 32.1. The molecule has 1 atom stereocenters. The zero-order valence-electron chi connectivity index (χ0n) is 11.9. The minimum Gasteiger partial charge on any atom is -0.270 e. The molecule has 0 saturated carbocycles. The Morgan fingerprint density at radius 3 is 3.05 bits per heavy atom. The van der Waals surface area contributed by atoms with Crippen molar-refractivity contribution in [2.75, 3.05) is 0 Å². The highest BCUT2D eigenvalue weighted by Gasteiger charge is 2.22. The fraction of sp³-hybridized carbons (Fsp3) is 0.533. The second kappa shape index (κ2) is 6.08. The van der Waals surface area contributed by atoms with Gasteiger partial charge < -0.3 is 0 Å². The highest BCUT2D eigenvalue weighted by Crippen LogP contribution is 2.35. The van der Waals surface area contributed by atoms with Crippen LogP contribution in [0.25, 0.3) is 0 Å². The van der Waals surface area contributed by atoms with Crippen LogP contribution < -0.4 is 11.3 Å². The maximum Gasteiger partial charge on any atom is 0.0970 e. The van der Waals surface area contributed by atoms with Crippen molar-refractivity contribution in [2.24, 2.45) is 5.84 Å². The molecule has 0 bridgehead atoms.